The minimum absolute atomic E-state index is 0. The number of hydrogen-bond acceptors (Lipinski definition) is 17. The van der Waals surface area contributed by atoms with Crippen LogP contribution >= 0.6 is 0 Å². The van der Waals surface area contributed by atoms with Crippen molar-refractivity contribution in [3.63, 3.8) is 0 Å². The molecule has 0 fully saturated rings. The van der Waals surface area contributed by atoms with Gasteiger partial charge in [-0.1, -0.05) is 109 Å². The molecule has 100 heavy (non-hydrogen) atoms. The van der Waals surface area contributed by atoms with Crippen LogP contribution in [0.15, 0.2) is 206 Å². The normalized spacial score (nSPS) is 12.2. The molecular weight excluding hydrogens is 1340 g/mol. The fraction of sp³-hybridized carbons (Fsp3) is 0.215. The van der Waals surface area contributed by atoms with Gasteiger partial charge >= 0.3 is 29.0 Å². The number of pyridine rings is 4. The molecule has 0 radical (unpaired) electrons. The Morgan fingerprint density at radius 3 is 0.760 bits per heavy atom. The summed E-state index contributed by atoms with van der Waals surface area (Å²) in [5.41, 5.74) is 17.2. The number of aryl methyl sites for hydroxylation is 2. The van der Waals surface area contributed by atoms with Crippen LogP contribution in [0.4, 0.5) is 0 Å². The molecule has 7 heterocycles. The van der Waals surface area contributed by atoms with E-state index in [1.165, 1.54) is 0 Å². The Bertz CT molecular complexity index is 4230. The third kappa shape index (κ3) is 21.5. The Balaban J connectivity index is 0.000000316. The Morgan fingerprint density at radius 1 is 0.300 bits per heavy atom. The third-order valence-corrected chi connectivity index (χ3v) is 15.4. The molecule has 526 valence electrons. The number of ether oxygens (including phenoxy) is 6. The van der Waals surface area contributed by atoms with Gasteiger partial charge in [-0.05, 0) is 144 Å². The van der Waals surface area contributed by atoms with E-state index in [4.69, 9.17) is 73.9 Å². The number of hydrogen-bond donors (Lipinski definition) is 7. The summed E-state index contributed by atoms with van der Waals surface area (Å²) in [6.45, 7) is 8.81. The predicted molar refractivity (Wildman–Crippen MR) is 385 cm³/mol. The molecule has 0 amide bonds. The first-order chi connectivity index (χ1) is 48.1. The van der Waals surface area contributed by atoms with Crippen LogP contribution in [-0.2, 0) is 36.0 Å². The van der Waals surface area contributed by atoms with Crippen LogP contribution < -0.4 is 21.9 Å². The summed E-state index contributed by atoms with van der Waals surface area (Å²) in [7, 11) is 5.00. The van der Waals surface area contributed by atoms with Crippen molar-refractivity contribution in [3.8, 4) is 78.8 Å². The van der Waals surface area contributed by atoms with Gasteiger partial charge in [-0.25, -0.2) is 29.5 Å². The van der Waals surface area contributed by atoms with Gasteiger partial charge in [0.05, 0.1) is 109 Å². The number of aliphatic hydroxyl groups is 5. The van der Waals surface area contributed by atoms with Crippen LogP contribution in [0, 0.1) is 13.8 Å². The first-order valence-corrected chi connectivity index (χ1v) is 31.4. The number of nitrogens with zero attached hydrogens (tertiary/aromatic N) is 4. The topological polar surface area (TPSA) is 283 Å². The van der Waals surface area contributed by atoms with Gasteiger partial charge in [0, 0.05) is 79.3 Å². The Labute approximate surface area is 598 Å². The zero-order valence-electron chi connectivity index (χ0n) is 56.6. The zero-order chi connectivity index (χ0) is 70.3. The number of rotatable bonds is 6. The van der Waals surface area contributed by atoms with Crippen LogP contribution in [0.25, 0.3) is 111 Å². The number of aromatic carboxylic acids is 2. The summed E-state index contributed by atoms with van der Waals surface area (Å²) in [6.07, 6.45) is 0. The van der Waals surface area contributed by atoms with Crippen LogP contribution in [0.1, 0.15) is 31.8 Å². The van der Waals surface area contributed by atoms with E-state index in [9.17, 15) is 19.8 Å². The standard InChI is InChI=1S/C40H28N2O4.C34H34N2O6.5CH4O.ClH.Cu/c1-23-21-31(39(43)44)13-17-33(23)25-3-7-27(8-4-25)35-19-15-29-11-12-30-16-20-36(42-38(30)37(29)41-35)28-9-5-26(6-10-28)34-18-14-32(40(45)46)22-24(34)2;1-2-28-8-14-32-26-5-11-30(12-6-26)42-24-22-40-20-18-38-16-15-37-17-19-39-21-23-41-29-9-3-25(4-10-29)31-13-7-27(1)33(35-31)34(28)36-32;5*1-2;;/h3-22H,1-2H3,(H,43,44)(H,45,46);1-14H,15-24H2;5*2H,1H3;1H;/q;;;;;;;;+1/p-1. The predicted octanol–water partition coefficient (Wildman–Crippen LogP) is 10.5. The van der Waals surface area contributed by atoms with Gasteiger partial charge < -0.3 is 76.6 Å². The zero-order valence-corrected chi connectivity index (χ0v) is 58.3. The number of aliphatic hydroxyl groups excluding tert-OH is 5. The van der Waals surface area contributed by atoms with Crippen molar-refractivity contribution in [2.45, 2.75) is 13.8 Å². The molecule has 4 aromatic heterocycles. The minimum Gasteiger partial charge on any atom is -1.00 e. The molecule has 0 saturated heterocycles. The molecule has 3 aliphatic heterocycles. The Morgan fingerprint density at radius 2 is 0.520 bits per heavy atom. The van der Waals surface area contributed by atoms with Gasteiger partial charge in [0.1, 0.15) is 24.7 Å². The van der Waals surface area contributed by atoms with E-state index in [2.05, 4.69) is 48.5 Å². The second-order valence-electron chi connectivity index (χ2n) is 21.2. The Hall–Kier alpha value is -9.61. The van der Waals surface area contributed by atoms with Gasteiger partial charge in [0.2, 0.25) is 0 Å². The smallest absolute Gasteiger partial charge is 1.00 e. The summed E-state index contributed by atoms with van der Waals surface area (Å²) in [6, 6.07) is 67.4. The average molecular weight is 1430 g/mol. The summed E-state index contributed by atoms with van der Waals surface area (Å²) in [5, 5.41) is 57.7. The molecule has 0 atom stereocenters. The summed E-state index contributed by atoms with van der Waals surface area (Å²) < 4.78 is 34.0. The number of aromatic nitrogens is 4. The molecule has 8 bridgehead atoms. The Kier molecular flexibility index (Phi) is 34.3. The third-order valence-electron chi connectivity index (χ3n) is 15.4. The van der Waals surface area contributed by atoms with Crippen LogP contribution in [0.3, 0.4) is 0 Å². The first kappa shape index (κ1) is 81.1. The molecule has 8 aromatic carbocycles. The van der Waals surface area contributed by atoms with Gasteiger partial charge in [-0.3, -0.25) is 0 Å². The molecule has 0 saturated carbocycles. The molecule has 7 N–H and O–H groups in total. The fourth-order valence-corrected chi connectivity index (χ4v) is 10.7. The number of carboxylic acid groups (broad SMARTS) is 2. The van der Waals surface area contributed by atoms with E-state index in [-0.39, 0.29) is 40.6 Å². The van der Waals surface area contributed by atoms with Crippen molar-refractivity contribution in [2.75, 3.05) is 102 Å². The van der Waals surface area contributed by atoms with Gasteiger partial charge in [-0.15, -0.1) is 0 Å². The van der Waals surface area contributed by atoms with Crippen LogP contribution in [0.2, 0.25) is 0 Å². The van der Waals surface area contributed by atoms with Crippen molar-refractivity contribution < 1.29 is 103 Å². The van der Waals surface area contributed by atoms with E-state index in [0.29, 0.717) is 66.1 Å². The van der Waals surface area contributed by atoms with Crippen molar-refractivity contribution in [3.05, 3.63) is 229 Å². The fourth-order valence-electron chi connectivity index (χ4n) is 10.7. The molecule has 0 unspecified atom stereocenters. The molecule has 3 aliphatic rings. The molecule has 0 aliphatic carbocycles. The van der Waals surface area contributed by atoms with Gasteiger partial charge in [0.25, 0.3) is 0 Å². The monoisotopic (exact) mass is 1420 g/mol. The second kappa shape index (κ2) is 42.4. The summed E-state index contributed by atoms with van der Waals surface area (Å²) in [4.78, 5) is 42.9. The number of halogens is 1. The largest absolute Gasteiger partial charge is 1.00 e. The summed E-state index contributed by atoms with van der Waals surface area (Å²) >= 11 is 0. The van der Waals surface area contributed by atoms with Crippen molar-refractivity contribution in [1.82, 2.24) is 19.9 Å². The summed E-state index contributed by atoms with van der Waals surface area (Å²) in [5.74, 6) is -0.297. The number of fused-ring (bicyclic) bond motifs is 5. The molecule has 21 heteroatoms. The second-order valence-corrected chi connectivity index (χ2v) is 21.2. The van der Waals surface area contributed by atoms with Gasteiger partial charge in [0.15, 0.2) is 0 Å². The van der Waals surface area contributed by atoms with E-state index >= 15 is 0 Å². The maximum Gasteiger partial charge on any atom is 1.00 e. The quantitative estimate of drug-likeness (QED) is 0.0602. The number of carboxylic acids is 2. The van der Waals surface area contributed by atoms with Crippen molar-refractivity contribution >= 4 is 55.6 Å². The van der Waals surface area contributed by atoms with Crippen molar-refractivity contribution in [2.24, 2.45) is 0 Å². The van der Waals surface area contributed by atoms with E-state index in [1.54, 1.807) is 24.3 Å². The van der Waals surface area contributed by atoms with E-state index < -0.39 is 11.9 Å². The molecule has 15 rings (SSSR count). The molecular formula is C79H82ClCuN4O15. The first-order valence-electron chi connectivity index (χ1n) is 31.4. The van der Waals surface area contributed by atoms with E-state index in [0.717, 1.165) is 169 Å². The minimum atomic E-state index is -0.934. The molecule has 0 spiro atoms. The maximum absolute atomic E-state index is 11.3. The number of benzene rings is 8. The number of carbonyl (C=O) groups is 2. The van der Waals surface area contributed by atoms with Crippen molar-refractivity contribution in [1.29, 1.82) is 0 Å². The SMILES string of the molecule is CO.CO.CO.CO.CO.Cc1cc(C(=O)O)ccc1-c1ccc(-c2ccc3ccc4ccc(-c5ccc(-c6ccc(C(=O)O)cc6C)cc5)nc4c3n2)cc1.[Cl-].[Cu+].c1cc2ccc1OCCOCCOCCOCCOCCOc1ccc(cc1)-c1ccc3ccc4ccc-2nc4c3n1. The molecule has 19 nitrogen and oxygen atoms in total. The van der Waals surface area contributed by atoms with Crippen LogP contribution in [0.5, 0.6) is 11.5 Å². The van der Waals surface area contributed by atoms with Gasteiger partial charge in [-0.2, -0.15) is 0 Å². The maximum atomic E-state index is 11.3. The average Bonchev–Trinajstić information content (AvgIpc) is 0.779. The van der Waals surface area contributed by atoms with Crippen LogP contribution in [-0.4, -0.2) is 169 Å². The molecule has 12 aromatic rings. The van der Waals surface area contributed by atoms with E-state index in [1.807, 2.05) is 147 Å².